The molecule has 3 rings (SSSR count). The Hall–Kier alpha value is -1.30. The van der Waals surface area contributed by atoms with Crippen molar-refractivity contribution in [2.75, 3.05) is 13.2 Å². The molecular weight excluding hydrogens is 369 g/mol. The van der Waals surface area contributed by atoms with Crippen molar-refractivity contribution in [3.8, 4) is 0 Å². The number of rotatable bonds is 8. The quantitative estimate of drug-likeness (QED) is 0.483. The summed E-state index contributed by atoms with van der Waals surface area (Å²) < 4.78 is 39.3. The molecule has 26 heavy (non-hydrogen) atoms. The first kappa shape index (κ1) is 19.5. The van der Waals surface area contributed by atoms with Crippen LogP contribution in [-0.2, 0) is 24.6 Å². The number of benzene rings is 2. The molecule has 0 spiro atoms. The van der Waals surface area contributed by atoms with Gasteiger partial charge in [-0.05, 0) is 38.5 Å². The third-order valence-electron chi connectivity index (χ3n) is 4.22. The standard InChI is InChI=1S/C19H24NO4PS/c1-4-23-25(21,24-5-2)19-18(16-9-7-6-8-10-16)20(19)26(22)17-13-11-15(3)12-14-17/h6-14,18-19H,4-5H2,1-3H3/t18-,19+,20?,26+/m1/s1. The van der Waals surface area contributed by atoms with Crippen LogP contribution in [-0.4, -0.2) is 27.5 Å². The van der Waals surface area contributed by atoms with E-state index < -0.39 is 24.4 Å². The number of nitrogens with zero attached hydrogens (tertiary/aromatic N) is 1. The predicted octanol–water partition coefficient (Wildman–Crippen LogP) is 4.67. The molecule has 7 heteroatoms. The van der Waals surface area contributed by atoms with Gasteiger partial charge in [-0.1, -0.05) is 48.0 Å². The second kappa shape index (κ2) is 8.15. The van der Waals surface area contributed by atoms with Crippen LogP contribution in [0.25, 0.3) is 0 Å². The summed E-state index contributed by atoms with van der Waals surface area (Å²) in [5.41, 5.74) is 2.06. The molecule has 0 saturated carbocycles. The monoisotopic (exact) mass is 393 g/mol. The van der Waals surface area contributed by atoms with Gasteiger partial charge in [0.1, 0.15) is 16.8 Å². The van der Waals surface area contributed by atoms with Crippen LogP contribution in [0.3, 0.4) is 0 Å². The average molecular weight is 393 g/mol. The zero-order chi connectivity index (χ0) is 18.7. The summed E-state index contributed by atoms with van der Waals surface area (Å²) in [7, 11) is -4.85. The van der Waals surface area contributed by atoms with E-state index in [-0.39, 0.29) is 19.3 Å². The molecule has 1 saturated heterocycles. The maximum atomic E-state index is 13.3. The molecule has 5 nitrogen and oxygen atoms in total. The van der Waals surface area contributed by atoms with Crippen molar-refractivity contribution >= 4 is 18.6 Å². The Bertz CT molecular complexity index is 802. The van der Waals surface area contributed by atoms with Crippen molar-refractivity contribution in [1.82, 2.24) is 4.31 Å². The van der Waals surface area contributed by atoms with Gasteiger partial charge >= 0.3 is 7.60 Å². The number of hydrogen-bond acceptors (Lipinski definition) is 4. The van der Waals surface area contributed by atoms with E-state index in [4.69, 9.17) is 9.05 Å². The number of hydrogen-bond donors (Lipinski definition) is 0. The predicted molar refractivity (Wildman–Crippen MR) is 103 cm³/mol. The molecule has 0 aliphatic carbocycles. The highest BCUT2D eigenvalue weighted by molar-refractivity contribution is 7.83. The fraction of sp³-hybridized carbons (Fsp3) is 0.368. The smallest absolute Gasteiger partial charge is 0.308 e. The lowest BCUT2D eigenvalue weighted by Gasteiger charge is -2.16. The molecule has 1 aliphatic rings. The van der Waals surface area contributed by atoms with Crippen molar-refractivity contribution < 1.29 is 17.8 Å². The fourth-order valence-corrected chi connectivity index (χ4v) is 7.12. The Labute approximate surface area is 157 Å². The molecule has 1 unspecified atom stereocenters. The molecule has 2 aromatic rings. The summed E-state index contributed by atoms with van der Waals surface area (Å²) in [6.45, 7) is 6.11. The van der Waals surface area contributed by atoms with Gasteiger partial charge in [-0.2, -0.15) is 4.31 Å². The van der Waals surface area contributed by atoms with Crippen molar-refractivity contribution in [1.29, 1.82) is 0 Å². The average Bonchev–Trinajstić information content (AvgIpc) is 3.39. The minimum Gasteiger partial charge on any atom is -0.308 e. The van der Waals surface area contributed by atoms with Gasteiger partial charge in [0.05, 0.1) is 24.2 Å². The van der Waals surface area contributed by atoms with E-state index in [2.05, 4.69) is 0 Å². The van der Waals surface area contributed by atoms with E-state index in [1.165, 1.54) is 0 Å². The minimum absolute atomic E-state index is 0.262. The summed E-state index contributed by atoms with van der Waals surface area (Å²) in [5.74, 6) is -0.549. The zero-order valence-electron chi connectivity index (χ0n) is 15.2. The molecule has 0 amide bonds. The van der Waals surface area contributed by atoms with E-state index in [0.717, 1.165) is 11.1 Å². The highest BCUT2D eigenvalue weighted by Crippen LogP contribution is 2.68. The summed E-state index contributed by atoms with van der Waals surface area (Å²) in [6, 6.07) is 16.9. The van der Waals surface area contributed by atoms with E-state index in [9.17, 15) is 8.77 Å². The summed E-state index contributed by atoms with van der Waals surface area (Å²) in [6.07, 6.45) is 0. The van der Waals surface area contributed by atoms with Crippen LogP contribution >= 0.6 is 7.60 Å². The lowest BCUT2D eigenvalue weighted by atomic mass is 10.2. The molecule has 1 heterocycles. The number of aryl methyl sites for hydroxylation is 1. The Balaban J connectivity index is 1.96. The van der Waals surface area contributed by atoms with Gasteiger partial charge in [0, 0.05) is 0 Å². The zero-order valence-corrected chi connectivity index (χ0v) is 16.9. The highest BCUT2D eigenvalue weighted by atomic mass is 32.2. The van der Waals surface area contributed by atoms with Gasteiger partial charge in [-0.15, -0.1) is 0 Å². The summed E-state index contributed by atoms with van der Waals surface area (Å²) >= 11 is 0. The van der Waals surface area contributed by atoms with Crippen LogP contribution in [0.1, 0.15) is 31.0 Å². The minimum atomic E-state index is -3.41. The van der Waals surface area contributed by atoms with Gasteiger partial charge in [0.15, 0.2) is 0 Å². The summed E-state index contributed by atoms with van der Waals surface area (Å²) in [5, 5.41) is 0. The van der Waals surface area contributed by atoms with Gasteiger partial charge in [-0.25, -0.2) is 4.21 Å². The molecule has 140 valence electrons. The van der Waals surface area contributed by atoms with Crippen molar-refractivity contribution in [3.05, 3.63) is 65.7 Å². The molecule has 0 N–H and O–H groups in total. The largest absolute Gasteiger partial charge is 0.350 e. The van der Waals surface area contributed by atoms with Crippen molar-refractivity contribution in [2.24, 2.45) is 0 Å². The fourth-order valence-electron chi connectivity index (χ4n) is 3.01. The maximum absolute atomic E-state index is 13.3. The van der Waals surface area contributed by atoms with Crippen LogP contribution in [0.2, 0.25) is 0 Å². The van der Waals surface area contributed by atoms with Gasteiger partial charge in [0.25, 0.3) is 0 Å². The van der Waals surface area contributed by atoms with Crippen LogP contribution in [0.5, 0.6) is 0 Å². The molecule has 0 radical (unpaired) electrons. The van der Waals surface area contributed by atoms with Crippen LogP contribution < -0.4 is 0 Å². The Kier molecular flexibility index (Phi) is 6.10. The molecule has 2 aromatic carbocycles. The van der Waals surface area contributed by atoms with E-state index in [1.807, 2.05) is 61.5 Å². The second-order valence-corrected chi connectivity index (χ2v) is 9.58. The first-order valence-corrected chi connectivity index (χ1v) is 11.4. The Morgan fingerprint density at radius 3 is 2.12 bits per heavy atom. The normalized spacial score (nSPS) is 23.6. The third kappa shape index (κ3) is 3.85. The lowest BCUT2D eigenvalue weighted by molar-refractivity contribution is 0.216. The SMILES string of the molecule is CCOP(=O)(OCC)[C@H]1[C@@H](c2ccccc2)N1[S@@](=O)c1ccc(C)cc1. The first-order chi connectivity index (χ1) is 12.5. The van der Waals surface area contributed by atoms with Gasteiger partial charge in [-0.3, -0.25) is 4.57 Å². The molecule has 0 bridgehead atoms. The Morgan fingerprint density at radius 2 is 1.58 bits per heavy atom. The van der Waals surface area contributed by atoms with E-state index in [1.54, 1.807) is 18.2 Å². The van der Waals surface area contributed by atoms with Gasteiger partial charge < -0.3 is 9.05 Å². The molecule has 4 atom stereocenters. The van der Waals surface area contributed by atoms with E-state index >= 15 is 0 Å². The molecule has 1 aliphatic heterocycles. The topological polar surface area (TPSA) is 55.6 Å². The van der Waals surface area contributed by atoms with Crippen LogP contribution in [0, 0.1) is 6.92 Å². The lowest BCUT2D eigenvalue weighted by Crippen LogP contribution is -2.10. The highest BCUT2D eigenvalue weighted by Gasteiger charge is 2.63. The summed E-state index contributed by atoms with van der Waals surface area (Å²) in [4.78, 5) is 0.679. The maximum Gasteiger partial charge on any atom is 0.350 e. The molecule has 1 fully saturated rings. The van der Waals surface area contributed by atoms with E-state index in [0.29, 0.717) is 4.90 Å². The van der Waals surface area contributed by atoms with Crippen molar-refractivity contribution in [2.45, 2.75) is 37.5 Å². The first-order valence-electron chi connectivity index (χ1n) is 8.72. The molecule has 0 aromatic heterocycles. The second-order valence-electron chi connectivity index (χ2n) is 6.07. The van der Waals surface area contributed by atoms with Crippen molar-refractivity contribution in [3.63, 3.8) is 0 Å². The third-order valence-corrected chi connectivity index (χ3v) is 8.31. The van der Waals surface area contributed by atoms with Crippen LogP contribution in [0.15, 0.2) is 59.5 Å². The van der Waals surface area contributed by atoms with Gasteiger partial charge in [0.2, 0.25) is 0 Å². The molecular formula is C19H24NO4PS. The Morgan fingerprint density at radius 1 is 1.00 bits per heavy atom. The van der Waals surface area contributed by atoms with Crippen LogP contribution in [0.4, 0.5) is 0 Å².